The number of carbonyl (C=O) groups is 1. The van der Waals surface area contributed by atoms with Crippen molar-refractivity contribution in [3.63, 3.8) is 0 Å². The fourth-order valence-electron chi connectivity index (χ4n) is 6.78. The van der Waals surface area contributed by atoms with E-state index in [0.29, 0.717) is 23.5 Å². The third-order valence-electron chi connectivity index (χ3n) is 7.62. The van der Waals surface area contributed by atoms with Crippen LogP contribution in [0.1, 0.15) is 68.2 Å². The molecule has 4 saturated carbocycles. The first-order valence-corrected chi connectivity index (χ1v) is 12.1. The highest BCUT2D eigenvalue weighted by Crippen LogP contribution is 2.61. The van der Waals surface area contributed by atoms with Gasteiger partial charge in [0.25, 0.3) is 5.91 Å². The van der Waals surface area contributed by atoms with Gasteiger partial charge in [0, 0.05) is 10.5 Å². The molecule has 4 nitrogen and oxygen atoms in total. The maximum atomic E-state index is 13.0. The second kappa shape index (κ2) is 8.07. The molecule has 5 heteroatoms. The van der Waals surface area contributed by atoms with Gasteiger partial charge >= 0.3 is 0 Å². The van der Waals surface area contributed by atoms with Crippen LogP contribution < -0.4 is 10.1 Å². The lowest BCUT2D eigenvalue weighted by Crippen LogP contribution is -2.56. The second-order valence-corrected chi connectivity index (χ2v) is 10.6. The summed E-state index contributed by atoms with van der Waals surface area (Å²) in [6, 6.07) is 11.5. The highest BCUT2D eigenvalue weighted by Gasteiger charge is 2.54. The van der Waals surface area contributed by atoms with Crippen LogP contribution in [0.5, 0.6) is 5.75 Å². The number of hydrogen-bond acceptors (Lipinski definition) is 3. The molecule has 160 valence electrons. The highest BCUT2D eigenvalue weighted by molar-refractivity contribution is 9.10. The molecule has 30 heavy (non-hydrogen) atoms. The summed E-state index contributed by atoms with van der Waals surface area (Å²) in [6.45, 7) is 2.52. The third kappa shape index (κ3) is 3.93. The first-order valence-electron chi connectivity index (χ1n) is 11.3. The van der Waals surface area contributed by atoms with E-state index in [-0.39, 0.29) is 11.9 Å². The van der Waals surface area contributed by atoms with Crippen LogP contribution in [0.4, 0.5) is 0 Å². The van der Waals surface area contributed by atoms with Gasteiger partial charge in [-0.15, -0.1) is 0 Å². The lowest BCUT2D eigenvalue weighted by Gasteiger charge is -2.59. The Morgan fingerprint density at radius 1 is 1.10 bits per heavy atom. The molecule has 1 aromatic heterocycles. The molecular weight excluding hydrogens is 442 g/mol. The maximum absolute atomic E-state index is 13.0. The molecule has 0 radical (unpaired) electrons. The highest BCUT2D eigenvalue weighted by atomic mass is 79.9. The predicted molar refractivity (Wildman–Crippen MR) is 119 cm³/mol. The minimum Gasteiger partial charge on any atom is -0.486 e. The molecular formula is C25H30BrNO3. The summed E-state index contributed by atoms with van der Waals surface area (Å²) < 4.78 is 12.6. The van der Waals surface area contributed by atoms with Crippen LogP contribution in [0.15, 0.2) is 45.3 Å². The van der Waals surface area contributed by atoms with Gasteiger partial charge in [-0.05, 0) is 105 Å². The molecule has 1 aromatic carbocycles. The van der Waals surface area contributed by atoms with Crippen molar-refractivity contribution in [2.24, 2.45) is 23.2 Å². The van der Waals surface area contributed by atoms with E-state index in [1.165, 1.54) is 38.5 Å². The van der Waals surface area contributed by atoms with Crippen LogP contribution in [-0.4, -0.2) is 11.9 Å². The molecule has 4 aliphatic carbocycles. The molecule has 1 atom stereocenters. The van der Waals surface area contributed by atoms with Gasteiger partial charge < -0.3 is 14.5 Å². The number of amides is 1. The van der Waals surface area contributed by atoms with E-state index < -0.39 is 0 Å². The Balaban J connectivity index is 1.22. The Morgan fingerprint density at radius 2 is 1.73 bits per heavy atom. The number of benzene rings is 1. The number of furan rings is 1. The molecule has 0 spiro atoms. The summed E-state index contributed by atoms with van der Waals surface area (Å²) in [5.74, 6) is 4.37. The van der Waals surface area contributed by atoms with Crippen molar-refractivity contribution in [1.29, 1.82) is 0 Å². The van der Waals surface area contributed by atoms with E-state index in [9.17, 15) is 4.79 Å². The second-order valence-electron chi connectivity index (χ2n) is 9.72. The lowest BCUT2D eigenvalue weighted by molar-refractivity contribution is -0.0728. The first-order chi connectivity index (χ1) is 14.5. The van der Waals surface area contributed by atoms with Crippen LogP contribution in [-0.2, 0) is 6.61 Å². The molecule has 4 aliphatic rings. The minimum absolute atomic E-state index is 0.0903. The summed E-state index contributed by atoms with van der Waals surface area (Å²) in [4.78, 5) is 13.0. The maximum Gasteiger partial charge on any atom is 0.287 e. The van der Waals surface area contributed by atoms with Crippen molar-refractivity contribution in [3.05, 3.63) is 52.4 Å². The Bertz CT molecular complexity index is 868. The summed E-state index contributed by atoms with van der Waals surface area (Å²) in [7, 11) is 0. The van der Waals surface area contributed by atoms with E-state index in [1.54, 1.807) is 6.07 Å². The number of ether oxygens (including phenoxy) is 1. The fraction of sp³-hybridized carbons (Fsp3) is 0.560. The standard InChI is InChI=1S/C25H30BrNO3/c1-2-23(25-12-16-9-17(13-25)11-18(10-16)14-25)27-24(28)22-8-7-21(30-22)15-29-20-5-3-19(26)4-6-20/h3-8,16-18,23H,2,9-15H2,1H3,(H,27,28). The Labute approximate surface area is 186 Å². The summed E-state index contributed by atoms with van der Waals surface area (Å²) >= 11 is 3.42. The Kier molecular flexibility index (Phi) is 5.42. The molecule has 1 unspecified atom stereocenters. The first kappa shape index (κ1) is 20.2. The predicted octanol–water partition coefficient (Wildman–Crippen LogP) is 6.35. The minimum atomic E-state index is -0.0903. The van der Waals surface area contributed by atoms with Crippen molar-refractivity contribution in [2.75, 3.05) is 0 Å². The average Bonchev–Trinajstić information content (AvgIpc) is 3.19. The molecule has 2 aromatic rings. The van der Waals surface area contributed by atoms with E-state index in [1.807, 2.05) is 30.3 Å². The quantitative estimate of drug-likeness (QED) is 0.511. The van der Waals surface area contributed by atoms with E-state index in [2.05, 4.69) is 28.2 Å². The smallest absolute Gasteiger partial charge is 0.287 e. The van der Waals surface area contributed by atoms with E-state index in [0.717, 1.165) is 34.4 Å². The van der Waals surface area contributed by atoms with Crippen molar-refractivity contribution in [3.8, 4) is 5.75 Å². The number of halogens is 1. The van der Waals surface area contributed by atoms with Gasteiger partial charge in [-0.25, -0.2) is 0 Å². The summed E-state index contributed by atoms with van der Waals surface area (Å²) in [5.41, 5.74) is 0.305. The summed E-state index contributed by atoms with van der Waals surface area (Å²) in [6.07, 6.45) is 9.13. The normalized spacial score (nSPS) is 30.3. The van der Waals surface area contributed by atoms with Gasteiger partial charge in [-0.3, -0.25) is 4.79 Å². The molecule has 4 fully saturated rings. The third-order valence-corrected chi connectivity index (χ3v) is 8.15. The molecule has 0 saturated heterocycles. The molecule has 1 N–H and O–H groups in total. The van der Waals surface area contributed by atoms with E-state index in [4.69, 9.17) is 9.15 Å². The Hall–Kier alpha value is -1.75. The zero-order chi connectivity index (χ0) is 20.7. The van der Waals surface area contributed by atoms with Crippen LogP contribution in [0.2, 0.25) is 0 Å². The molecule has 1 amide bonds. The van der Waals surface area contributed by atoms with Gasteiger partial charge in [0.1, 0.15) is 18.1 Å². The topological polar surface area (TPSA) is 51.5 Å². The number of nitrogens with one attached hydrogen (secondary N) is 1. The number of rotatable bonds is 7. The van der Waals surface area contributed by atoms with Gasteiger partial charge in [0.2, 0.25) is 0 Å². The van der Waals surface area contributed by atoms with Crippen LogP contribution in [0.25, 0.3) is 0 Å². The van der Waals surface area contributed by atoms with E-state index >= 15 is 0 Å². The van der Waals surface area contributed by atoms with Crippen LogP contribution in [0, 0.1) is 23.2 Å². The average molecular weight is 472 g/mol. The van der Waals surface area contributed by atoms with Crippen molar-refractivity contribution in [2.45, 2.75) is 64.5 Å². The van der Waals surface area contributed by atoms with Gasteiger partial charge in [-0.1, -0.05) is 22.9 Å². The SMILES string of the molecule is CCC(NC(=O)c1ccc(COc2ccc(Br)cc2)o1)C12CC3CC(CC(C3)C1)C2. The fourth-order valence-corrected chi connectivity index (χ4v) is 7.05. The van der Waals surface area contributed by atoms with Crippen LogP contribution >= 0.6 is 15.9 Å². The zero-order valence-corrected chi connectivity index (χ0v) is 19.1. The monoisotopic (exact) mass is 471 g/mol. The van der Waals surface area contributed by atoms with Gasteiger partial charge in [-0.2, -0.15) is 0 Å². The lowest BCUT2D eigenvalue weighted by atomic mass is 9.47. The molecule has 0 aliphatic heterocycles. The molecule has 4 bridgehead atoms. The van der Waals surface area contributed by atoms with Crippen molar-refractivity contribution >= 4 is 21.8 Å². The zero-order valence-electron chi connectivity index (χ0n) is 17.5. The summed E-state index contributed by atoms with van der Waals surface area (Å²) in [5, 5.41) is 3.35. The number of carbonyl (C=O) groups excluding carboxylic acids is 1. The van der Waals surface area contributed by atoms with Crippen LogP contribution in [0.3, 0.4) is 0 Å². The Morgan fingerprint density at radius 3 is 2.33 bits per heavy atom. The largest absolute Gasteiger partial charge is 0.486 e. The number of hydrogen-bond donors (Lipinski definition) is 1. The molecule has 6 rings (SSSR count). The van der Waals surface area contributed by atoms with Crippen molar-refractivity contribution < 1.29 is 13.9 Å². The van der Waals surface area contributed by atoms with Gasteiger partial charge in [0.15, 0.2) is 5.76 Å². The molecule has 1 heterocycles. The van der Waals surface area contributed by atoms with Gasteiger partial charge in [0.05, 0.1) is 0 Å². The van der Waals surface area contributed by atoms with Crippen molar-refractivity contribution in [1.82, 2.24) is 5.32 Å².